The van der Waals surface area contributed by atoms with Crippen LogP contribution in [-0.4, -0.2) is 22.2 Å². The number of carboxylic acids is 2. The molecule has 0 fully saturated rings. The minimum absolute atomic E-state index is 0. The molecule has 0 rings (SSSR count). The van der Waals surface area contributed by atoms with Crippen LogP contribution in [-0.2, 0) is 9.59 Å². The zero-order valence-corrected chi connectivity index (χ0v) is 9.62. The molecule has 0 aromatic heterocycles. The van der Waals surface area contributed by atoms with E-state index in [4.69, 9.17) is 10.2 Å². The Morgan fingerprint density at radius 1 is 1.13 bits per heavy atom. The first-order chi connectivity index (χ1) is 5.93. The van der Waals surface area contributed by atoms with Gasteiger partial charge in [0.05, 0.1) is 0 Å². The molecule has 1 unspecified atom stereocenters. The average Bonchev–Trinajstić information content (AvgIpc) is 2.04. The van der Waals surface area contributed by atoms with E-state index in [2.05, 4.69) is 0 Å². The third-order valence-electron chi connectivity index (χ3n) is 2.77. The fourth-order valence-corrected chi connectivity index (χ4v) is 1.51. The summed E-state index contributed by atoms with van der Waals surface area (Å²) in [5.41, 5.74) is -1.62. The second-order valence-electron chi connectivity index (χ2n) is 3.24. The average molecular weight is 222 g/mol. The zero-order valence-electron chi connectivity index (χ0n) is 9.62. The monoisotopic (exact) mass is 222 g/mol. The van der Waals surface area contributed by atoms with Gasteiger partial charge in [-0.3, -0.25) is 9.59 Å². The van der Waals surface area contributed by atoms with Crippen molar-refractivity contribution in [2.24, 2.45) is 11.3 Å². The molecule has 0 aliphatic rings. The summed E-state index contributed by atoms with van der Waals surface area (Å²) in [7, 11) is 0. The first-order valence-corrected chi connectivity index (χ1v) is 4.40. The summed E-state index contributed by atoms with van der Waals surface area (Å²) in [6.45, 7) is 5.04. The Hall–Kier alpha value is -1.14. The minimum Gasteiger partial charge on any atom is -0.480 e. The van der Waals surface area contributed by atoms with Crippen molar-refractivity contribution in [3.8, 4) is 0 Å². The van der Waals surface area contributed by atoms with Gasteiger partial charge in [-0.15, -0.1) is 0 Å². The maximum Gasteiger partial charge on any atom is 0.321 e. The van der Waals surface area contributed by atoms with Gasteiger partial charge in [0, 0.05) is 0 Å². The second-order valence-corrected chi connectivity index (χ2v) is 3.24. The van der Waals surface area contributed by atoms with Crippen molar-refractivity contribution >= 4 is 11.9 Å². The molecule has 6 heteroatoms. The van der Waals surface area contributed by atoms with Gasteiger partial charge >= 0.3 is 11.9 Å². The van der Waals surface area contributed by atoms with Crippen LogP contribution in [0.4, 0.5) is 0 Å². The summed E-state index contributed by atoms with van der Waals surface area (Å²) in [6.07, 6.45) is 0.666. The smallest absolute Gasteiger partial charge is 0.321 e. The van der Waals surface area contributed by atoms with Crippen LogP contribution in [0.3, 0.4) is 0 Å². The van der Waals surface area contributed by atoms with Crippen LogP contribution >= 0.6 is 0 Å². The number of aliphatic carboxylic acids is 2. The Kier molecular flexibility index (Phi) is 9.32. The van der Waals surface area contributed by atoms with Crippen molar-refractivity contribution in [1.29, 1.82) is 0 Å². The van der Waals surface area contributed by atoms with Gasteiger partial charge in [-0.1, -0.05) is 27.2 Å². The first-order valence-electron chi connectivity index (χ1n) is 4.40. The summed E-state index contributed by atoms with van der Waals surface area (Å²) in [6, 6.07) is 0. The Morgan fingerprint density at radius 3 is 1.53 bits per heavy atom. The van der Waals surface area contributed by atoms with E-state index in [0.29, 0.717) is 6.42 Å². The van der Waals surface area contributed by atoms with Crippen LogP contribution in [0.1, 0.15) is 33.6 Å². The van der Waals surface area contributed by atoms with Crippen molar-refractivity contribution in [3.63, 3.8) is 0 Å². The lowest BCUT2D eigenvalue weighted by Gasteiger charge is -2.29. The predicted octanol–water partition coefficient (Wildman–Crippen LogP) is 1.92. The van der Waals surface area contributed by atoms with E-state index in [1.54, 1.807) is 20.8 Å². The highest BCUT2D eigenvalue weighted by Crippen LogP contribution is 2.34. The van der Waals surface area contributed by atoms with E-state index >= 15 is 0 Å². The van der Waals surface area contributed by atoms with E-state index < -0.39 is 17.4 Å². The van der Waals surface area contributed by atoms with Crippen LogP contribution in [0.25, 0.3) is 0 Å². The molecule has 0 aliphatic carbocycles. The third-order valence-corrected chi connectivity index (χ3v) is 2.77. The van der Waals surface area contributed by atoms with Crippen molar-refractivity contribution in [3.05, 3.63) is 0 Å². The van der Waals surface area contributed by atoms with Gasteiger partial charge in [0.25, 0.3) is 0 Å². The summed E-state index contributed by atoms with van der Waals surface area (Å²) in [4.78, 5) is 21.8. The first kappa shape index (κ1) is 19.4. The summed E-state index contributed by atoms with van der Waals surface area (Å²) in [5, 5.41) is 17.8. The van der Waals surface area contributed by atoms with Gasteiger partial charge in [0.1, 0.15) is 0 Å². The Labute approximate surface area is 89.8 Å². The summed E-state index contributed by atoms with van der Waals surface area (Å²) in [5.74, 6) is -2.83. The Bertz CT molecular complexity index is 204. The molecule has 0 aliphatic heterocycles. The molecule has 0 saturated heterocycles. The zero-order chi connectivity index (χ0) is 10.6. The number of carboxylic acid groups (broad SMARTS) is 2. The highest BCUT2D eigenvalue weighted by Gasteiger charge is 2.48. The van der Waals surface area contributed by atoms with Crippen molar-refractivity contribution < 1.29 is 19.8 Å². The lowest BCUT2D eigenvalue weighted by Crippen LogP contribution is -2.44. The highest BCUT2D eigenvalue weighted by molar-refractivity contribution is 5.98. The van der Waals surface area contributed by atoms with Crippen molar-refractivity contribution in [2.45, 2.75) is 33.6 Å². The lowest BCUT2D eigenvalue weighted by molar-refractivity contribution is -0.169. The van der Waals surface area contributed by atoms with Crippen LogP contribution < -0.4 is 12.3 Å². The van der Waals surface area contributed by atoms with E-state index in [1.807, 2.05) is 0 Å². The topological polar surface area (TPSA) is 145 Å². The number of rotatable bonds is 5. The van der Waals surface area contributed by atoms with Gasteiger partial charge in [-0.05, 0) is 12.3 Å². The molecule has 0 aromatic rings. The highest BCUT2D eigenvalue weighted by atomic mass is 16.4. The molecule has 0 saturated carbocycles. The van der Waals surface area contributed by atoms with E-state index in [1.165, 1.54) is 0 Å². The largest absolute Gasteiger partial charge is 0.480 e. The molecule has 8 N–H and O–H groups in total. The SMILES string of the molecule is CCC(C)C(CC)(C(=O)O)C(=O)O.N.N. The molecule has 0 bridgehead atoms. The molecule has 0 heterocycles. The van der Waals surface area contributed by atoms with Gasteiger partial charge in [0.15, 0.2) is 5.41 Å². The van der Waals surface area contributed by atoms with Crippen LogP contribution in [0.5, 0.6) is 0 Å². The predicted molar refractivity (Wildman–Crippen MR) is 57.5 cm³/mol. The van der Waals surface area contributed by atoms with Crippen LogP contribution in [0.2, 0.25) is 0 Å². The Morgan fingerprint density at radius 2 is 1.47 bits per heavy atom. The van der Waals surface area contributed by atoms with Gasteiger partial charge in [0.2, 0.25) is 0 Å². The maximum absolute atomic E-state index is 10.9. The van der Waals surface area contributed by atoms with Crippen molar-refractivity contribution in [2.75, 3.05) is 0 Å². The molecule has 15 heavy (non-hydrogen) atoms. The Balaban J connectivity index is -0.000000720. The van der Waals surface area contributed by atoms with E-state index in [-0.39, 0.29) is 24.6 Å². The standard InChI is InChI=1S/C9H16O4.2H3N/c1-4-6(3)9(5-2,7(10)11)8(12)13;;/h6H,4-5H2,1-3H3,(H,10,11)(H,12,13);2*1H3. The molecular formula is C9H22N2O4. The molecule has 92 valence electrons. The molecular weight excluding hydrogens is 200 g/mol. The molecule has 6 nitrogen and oxygen atoms in total. The maximum atomic E-state index is 10.9. The summed E-state index contributed by atoms with van der Waals surface area (Å²) < 4.78 is 0. The number of hydrogen-bond acceptors (Lipinski definition) is 4. The van der Waals surface area contributed by atoms with Gasteiger partial charge < -0.3 is 22.5 Å². The van der Waals surface area contributed by atoms with Crippen LogP contribution in [0, 0.1) is 11.3 Å². The number of hydrogen-bond donors (Lipinski definition) is 4. The third kappa shape index (κ3) is 3.17. The molecule has 0 radical (unpaired) electrons. The van der Waals surface area contributed by atoms with Gasteiger partial charge in [-0.2, -0.15) is 0 Å². The summed E-state index contributed by atoms with van der Waals surface area (Å²) >= 11 is 0. The molecule has 0 spiro atoms. The number of carbonyl (C=O) groups is 2. The molecule has 0 amide bonds. The fourth-order valence-electron chi connectivity index (χ4n) is 1.51. The molecule has 1 atom stereocenters. The van der Waals surface area contributed by atoms with Crippen LogP contribution in [0.15, 0.2) is 0 Å². The van der Waals surface area contributed by atoms with Crippen molar-refractivity contribution in [1.82, 2.24) is 12.3 Å². The normalized spacial score (nSPS) is 11.9. The quantitative estimate of drug-likeness (QED) is 0.523. The fraction of sp³-hybridized carbons (Fsp3) is 0.778. The second kappa shape index (κ2) is 7.19. The lowest BCUT2D eigenvalue weighted by atomic mass is 9.73. The molecule has 0 aromatic carbocycles. The van der Waals surface area contributed by atoms with Gasteiger partial charge in [-0.25, -0.2) is 0 Å². The van der Waals surface area contributed by atoms with E-state index in [9.17, 15) is 9.59 Å². The van der Waals surface area contributed by atoms with E-state index in [0.717, 1.165) is 0 Å². The minimum atomic E-state index is -1.62.